The third kappa shape index (κ3) is 2.31. The molecule has 0 saturated carbocycles. The highest BCUT2D eigenvalue weighted by atomic mass is 79.9. The molecule has 58 valence electrons. The van der Waals surface area contributed by atoms with Crippen molar-refractivity contribution in [2.45, 2.75) is 0 Å². The Kier molecular flexibility index (Phi) is 3.09. The van der Waals surface area contributed by atoms with Crippen LogP contribution in [0.3, 0.4) is 0 Å². The maximum Gasteiger partial charge on any atom is 0.129 e. The summed E-state index contributed by atoms with van der Waals surface area (Å²) in [5, 5.41) is 1.26. The van der Waals surface area contributed by atoms with Crippen LogP contribution in [0.25, 0.3) is 5.57 Å². The molecule has 0 bridgehead atoms. The first-order chi connectivity index (χ1) is 5.24. The summed E-state index contributed by atoms with van der Waals surface area (Å²) >= 11 is 8.99. The Morgan fingerprint density at radius 1 is 1.73 bits per heavy atom. The molecule has 0 aromatic carbocycles. The van der Waals surface area contributed by atoms with Gasteiger partial charge < -0.3 is 0 Å². The van der Waals surface area contributed by atoms with Crippen LogP contribution in [-0.4, -0.2) is 10.3 Å². The number of hydrogen-bond acceptors (Lipinski definition) is 1. The van der Waals surface area contributed by atoms with Crippen molar-refractivity contribution in [1.29, 1.82) is 0 Å². The number of pyridine rings is 1. The largest absolute Gasteiger partial charge is 0.245 e. The fourth-order valence-corrected chi connectivity index (χ4v) is 1.20. The molecule has 1 aromatic heterocycles. The van der Waals surface area contributed by atoms with Crippen molar-refractivity contribution in [3.05, 3.63) is 35.6 Å². The lowest BCUT2D eigenvalue weighted by molar-refractivity contribution is 1.31. The highest BCUT2D eigenvalue weighted by Gasteiger charge is 1.97. The van der Waals surface area contributed by atoms with Gasteiger partial charge in [-0.15, -0.1) is 0 Å². The fraction of sp³-hybridized carbons (Fsp3) is 0.125. The van der Waals surface area contributed by atoms with Crippen LogP contribution < -0.4 is 0 Å². The van der Waals surface area contributed by atoms with Gasteiger partial charge in [0.2, 0.25) is 0 Å². The summed E-state index contributed by atoms with van der Waals surface area (Å²) in [5.74, 6) is 0. The molecular formula is C8H7BrClN. The third-order valence-corrected chi connectivity index (χ3v) is 2.18. The van der Waals surface area contributed by atoms with Crippen molar-refractivity contribution in [3.63, 3.8) is 0 Å². The zero-order chi connectivity index (χ0) is 8.27. The zero-order valence-corrected chi connectivity index (χ0v) is 8.19. The van der Waals surface area contributed by atoms with E-state index in [0.29, 0.717) is 5.15 Å². The highest BCUT2D eigenvalue weighted by molar-refractivity contribution is 9.09. The Morgan fingerprint density at radius 3 is 3.00 bits per heavy atom. The number of hydrogen-bond donors (Lipinski definition) is 0. The van der Waals surface area contributed by atoms with E-state index in [0.717, 1.165) is 16.5 Å². The first-order valence-corrected chi connectivity index (χ1v) is 4.59. The number of aromatic nitrogens is 1. The van der Waals surface area contributed by atoms with Gasteiger partial charge in [-0.25, -0.2) is 4.98 Å². The molecular weight excluding hydrogens is 225 g/mol. The van der Waals surface area contributed by atoms with Crippen LogP contribution in [0.15, 0.2) is 24.9 Å². The zero-order valence-electron chi connectivity index (χ0n) is 5.85. The Labute approximate surface area is 79.2 Å². The lowest BCUT2D eigenvalue weighted by Gasteiger charge is -2.00. The second kappa shape index (κ2) is 3.88. The molecule has 0 N–H and O–H groups in total. The number of halogens is 2. The minimum Gasteiger partial charge on any atom is -0.245 e. The normalized spacial score (nSPS) is 9.64. The molecule has 0 fully saturated rings. The van der Waals surface area contributed by atoms with Gasteiger partial charge in [0.05, 0.1) is 0 Å². The van der Waals surface area contributed by atoms with Gasteiger partial charge in [-0.05, 0) is 23.3 Å². The Balaban J connectivity index is 2.96. The van der Waals surface area contributed by atoms with Crippen LogP contribution in [0, 0.1) is 0 Å². The van der Waals surface area contributed by atoms with E-state index in [1.165, 1.54) is 0 Å². The van der Waals surface area contributed by atoms with E-state index in [-0.39, 0.29) is 0 Å². The van der Waals surface area contributed by atoms with Gasteiger partial charge in [0.1, 0.15) is 5.15 Å². The number of allylic oxidation sites excluding steroid dienone is 1. The van der Waals surface area contributed by atoms with Gasteiger partial charge in [-0.1, -0.05) is 34.1 Å². The quantitative estimate of drug-likeness (QED) is 0.564. The SMILES string of the molecule is C=C(CBr)c1ccnc(Cl)c1. The van der Waals surface area contributed by atoms with Gasteiger partial charge in [0.25, 0.3) is 0 Å². The minimum atomic E-state index is 0.504. The molecule has 0 unspecified atom stereocenters. The van der Waals surface area contributed by atoms with Gasteiger partial charge in [-0.2, -0.15) is 0 Å². The van der Waals surface area contributed by atoms with Crippen molar-refractivity contribution < 1.29 is 0 Å². The molecule has 11 heavy (non-hydrogen) atoms. The maximum absolute atomic E-state index is 5.68. The van der Waals surface area contributed by atoms with E-state index < -0.39 is 0 Å². The van der Waals surface area contributed by atoms with Crippen molar-refractivity contribution >= 4 is 33.1 Å². The molecule has 0 amide bonds. The first kappa shape index (κ1) is 8.75. The molecule has 1 aromatic rings. The number of alkyl halides is 1. The third-order valence-electron chi connectivity index (χ3n) is 1.30. The minimum absolute atomic E-state index is 0.504. The summed E-state index contributed by atoms with van der Waals surface area (Å²) in [7, 11) is 0. The molecule has 0 atom stereocenters. The molecule has 1 nitrogen and oxygen atoms in total. The average Bonchev–Trinajstić information content (AvgIpc) is 2.03. The van der Waals surface area contributed by atoms with Gasteiger partial charge in [0, 0.05) is 11.5 Å². The molecule has 0 aliphatic rings. The van der Waals surface area contributed by atoms with E-state index in [1.54, 1.807) is 12.3 Å². The van der Waals surface area contributed by atoms with E-state index in [2.05, 4.69) is 27.5 Å². The number of nitrogens with zero attached hydrogens (tertiary/aromatic N) is 1. The standard InChI is InChI=1S/C8H7BrClN/c1-6(5-9)7-2-3-11-8(10)4-7/h2-4H,1,5H2. The van der Waals surface area contributed by atoms with Crippen molar-refractivity contribution in [1.82, 2.24) is 4.98 Å². The predicted octanol–water partition coefficient (Wildman–Crippen LogP) is 3.14. The summed E-state index contributed by atoms with van der Waals surface area (Å²) < 4.78 is 0. The van der Waals surface area contributed by atoms with E-state index in [4.69, 9.17) is 11.6 Å². The second-order valence-electron chi connectivity index (χ2n) is 2.10. The highest BCUT2D eigenvalue weighted by Crippen LogP contribution is 2.16. The van der Waals surface area contributed by atoms with Crippen LogP contribution in [0.2, 0.25) is 5.15 Å². The second-order valence-corrected chi connectivity index (χ2v) is 3.05. The average molecular weight is 233 g/mol. The summed E-state index contributed by atoms with van der Waals surface area (Å²) in [6.45, 7) is 3.85. The van der Waals surface area contributed by atoms with E-state index >= 15 is 0 Å². The van der Waals surface area contributed by atoms with Crippen LogP contribution in [-0.2, 0) is 0 Å². The molecule has 3 heteroatoms. The molecule has 0 saturated heterocycles. The lowest BCUT2D eigenvalue weighted by Crippen LogP contribution is -1.84. The maximum atomic E-state index is 5.68. The van der Waals surface area contributed by atoms with Crippen LogP contribution in [0.1, 0.15) is 5.56 Å². The Bertz CT molecular complexity index is 273. The van der Waals surface area contributed by atoms with Crippen molar-refractivity contribution in [2.24, 2.45) is 0 Å². The molecule has 0 aliphatic heterocycles. The topological polar surface area (TPSA) is 12.9 Å². The fourth-order valence-electron chi connectivity index (χ4n) is 0.700. The summed E-state index contributed by atoms with van der Waals surface area (Å²) in [6.07, 6.45) is 1.67. The van der Waals surface area contributed by atoms with Crippen molar-refractivity contribution in [3.8, 4) is 0 Å². The van der Waals surface area contributed by atoms with Gasteiger partial charge in [-0.3, -0.25) is 0 Å². The molecule has 0 radical (unpaired) electrons. The number of rotatable bonds is 2. The molecule has 1 heterocycles. The lowest BCUT2D eigenvalue weighted by atomic mass is 10.1. The van der Waals surface area contributed by atoms with Gasteiger partial charge in [0.15, 0.2) is 0 Å². The van der Waals surface area contributed by atoms with Crippen LogP contribution in [0.4, 0.5) is 0 Å². The van der Waals surface area contributed by atoms with E-state index in [9.17, 15) is 0 Å². The van der Waals surface area contributed by atoms with Crippen LogP contribution in [0.5, 0.6) is 0 Å². The Morgan fingerprint density at radius 2 is 2.45 bits per heavy atom. The summed E-state index contributed by atoms with van der Waals surface area (Å²) in [4.78, 5) is 3.87. The molecule has 0 spiro atoms. The smallest absolute Gasteiger partial charge is 0.129 e. The Hall–Kier alpha value is -0.340. The monoisotopic (exact) mass is 231 g/mol. The predicted molar refractivity (Wildman–Crippen MR) is 52.1 cm³/mol. The van der Waals surface area contributed by atoms with Crippen LogP contribution >= 0.6 is 27.5 Å². The summed E-state index contributed by atoms with van der Waals surface area (Å²) in [5.41, 5.74) is 2.04. The first-order valence-electron chi connectivity index (χ1n) is 3.09. The molecule has 1 rings (SSSR count). The van der Waals surface area contributed by atoms with Crippen molar-refractivity contribution in [2.75, 3.05) is 5.33 Å². The van der Waals surface area contributed by atoms with E-state index in [1.807, 2.05) is 6.07 Å². The molecule has 0 aliphatic carbocycles. The van der Waals surface area contributed by atoms with Gasteiger partial charge >= 0.3 is 0 Å². The summed E-state index contributed by atoms with van der Waals surface area (Å²) in [6, 6.07) is 3.68.